The van der Waals surface area contributed by atoms with Crippen molar-refractivity contribution in [2.75, 3.05) is 0 Å². The lowest BCUT2D eigenvalue weighted by Crippen LogP contribution is -2.49. The van der Waals surface area contributed by atoms with Crippen LogP contribution in [0.15, 0.2) is 0 Å². The Labute approximate surface area is 72.7 Å². The van der Waals surface area contributed by atoms with Gasteiger partial charge >= 0.3 is 0 Å². The first kappa shape index (κ1) is 5.64. The number of hydrogen-bond acceptors (Lipinski definition) is 1. The van der Waals surface area contributed by atoms with Crippen LogP contribution in [-0.2, 0) is 0 Å². The molecule has 5 saturated carbocycles. The van der Waals surface area contributed by atoms with Gasteiger partial charge in [-0.1, -0.05) is 0 Å². The maximum absolute atomic E-state index is 6.34. The van der Waals surface area contributed by atoms with E-state index in [1.54, 1.807) is 12.8 Å². The van der Waals surface area contributed by atoms with E-state index in [0.29, 0.717) is 6.04 Å². The van der Waals surface area contributed by atoms with Gasteiger partial charge in [0.1, 0.15) is 0 Å². The summed E-state index contributed by atoms with van der Waals surface area (Å²) in [6.07, 6.45) is 3.18. The Balaban J connectivity index is 1.86. The van der Waals surface area contributed by atoms with Crippen LogP contribution in [0.5, 0.6) is 0 Å². The fraction of sp³-hybridized carbons (Fsp3) is 1.00. The fourth-order valence-electron chi connectivity index (χ4n) is 6.55. The van der Waals surface area contributed by atoms with Crippen LogP contribution in [-0.4, -0.2) is 6.04 Å². The van der Waals surface area contributed by atoms with Gasteiger partial charge in [0.05, 0.1) is 0 Å². The number of fused-ring (bicyclic) bond motifs is 2. The maximum atomic E-state index is 6.34. The summed E-state index contributed by atoms with van der Waals surface area (Å²) < 4.78 is 0. The molecular formula is C11H15N. The van der Waals surface area contributed by atoms with Gasteiger partial charge in [0.2, 0.25) is 0 Å². The Bertz CT molecular complexity index is 277. The Kier molecular flexibility index (Phi) is 0.609. The molecule has 0 amide bonds. The van der Waals surface area contributed by atoms with Gasteiger partial charge in [0.15, 0.2) is 0 Å². The van der Waals surface area contributed by atoms with Crippen LogP contribution >= 0.6 is 0 Å². The zero-order chi connectivity index (χ0) is 7.61. The highest BCUT2D eigenvalue weighted by Gasteiger charge is 2.79. The summed E-state index contributed by atoms with van der Waals surface area (Å²) in [4.78, 5) is 0. The van der Waals surface area contributed by atoms with Crippen LogP contribution in [0.25, 0.3) is 0 Å². The van der Waals surface area contributed by atoms with Gasteiger partial charge in [0, 0.05) is 6.04 Å². The predicted molar refractivity (Wildman–Crippen MR) is 45.1 cm³/mol. The van der Waals surface area contributed by atoms with Gasteiger partial charge in [0.25, 0.3) is 0 Å². The summed E-state index contributed by atoms with van der Waals surface area (Å²) in [6, 6.07) is 0.646. The van der Waals surface area contributed by atoms with Gasteiger partial charge in [-0.3, -0.25) is 0 Å². The average Bonchev–Trinajstić information content (AvgIpc) is 2.47. The molecule has 12 heavy (non-hydrogen) atoms. The Morgan fingerprint density at radius 1 is 0.667 bits per heavy atom. The van der Waals surface area contributed by atoms with Crippen molar-refractivity contribution in [1.29, 1.82) is 0 Å². The number of rotatable bonds is 0. The van der Waals surface area contributed by atoms with Crippen molar-refractivity contribution in [3.05, 3.63) is 0 Å². The first-order valence-corrected chi connectivity index (χ1v) is 5.63. The number of nitrogens with two attached hydrogens (primary N) is 1. The van der Waals surface area contributed by atoms with Crippen molar-refractivity contribution in [3.8, 4) is 0 Å². The van der Waals surface area contributed by atoms with Crippen molar-refractivity contribution >= 4 is 0 Å². The molecule has 0 aromatic heterocycles. The molecule has 0 saturated heterocycles. The third kappa shape index (κ3) is 0.296. The van der Waals surface area contributed by atoms with Crippen molar-refractivity contribution in [2.24, 2.45) is 53.1 Å². The first-order valence-electron chi connectivity index (χ1n) is 5.63. The standard InChI is InChI=1S/C11H15N/c12-11-8-4-2-5-7-3(4)1-6(8)9(7)10(5)11/h3-11H,1-2,12H2/t3-,4+,5+,6+,7+,8-,9+,10-,11-/m0/s1. The van der Waals surface area contributed by atoms with Gasteiger partial charge < -0.3 is 5.73 Å². The molecule has 64 valence electrons. The second-order valence-corrected chi connectivity index (χ2v) is 6.01. The van der Waals surface area contributed by atoms with E-state index in [1.807, 2.05) is 0 Å². The van der Waals surface area contributed by atoms with Crippen LogP contribution in [0, 0.1) is 47.3 Å². The Morgan fingerprint density at radius 3 is 2.17 bits per heavy atom. The fourth-order valence-corrected chi connectivity index (χ4v) is 6.55. The predicted octanol–water partition coefficient (Wildman–Crippen LogP) is 1.09. The molecule has 9 atom stereocenters. The largest absolute Gasteiger partial charge is 0.327 e. The molecule has 0 aromatic carbocycles. The quantitative estimate of drug-likeness (QED) is 0.565. The summed E-state index contributed by atoms with van der Waals surface area (Å²) >= 11 is 0. The molecule has 1 nitrogen and oxygen atoms in total. The smallest absolute Gasteiger partial charge is 0.0107 e. The molecule has 5 fully saturated rings. The van der Waals surface area contributed by atoms with E-state index in [2.05, 4.69) is 0 Å². The van der Waals surface area contributed by atoms with Crippen molar-refractivity contribution in [2.45, 2.75) is 18.9 Å². The molecule has 5 rings (SSSR count). The molecule has 1 heteroatoms. The third-order valence-corrected chi connectivity index (χ3v) is 6.38. The monoisotopic (exact) mass is 161 g/mol. The van der Waals surface area contributed by atoms with Gasteiger partial charge in [-0.15, -0.1) is 0 Å². The molecule has 0 aliphatic heterocycles. The van der Waals surface area contributed by atoms with Crippen molar-refractivity contribution < 1.29 is 0 Å². The van der Waals surface area contributed by atoms with E-state index in [9.17, 15) is 0 Å². The van der Waals surface area contributed by atoms with Crippen molar-refractivity contribution in [1.82, 2.24) is 0 Å². The molecule has 2 bridgehead atoms. The van der Waals surface area contributed by atoms with E-state index in [1.165, 1.54) is 11.8 Å². The van der Waals surface area contributed by atoms with E-state index < -0.39 is 0 Å². The Morgan fingerprint density at radius 2 is 1.33 bits per heavy atom. The van der Waals surface area contributed by atoms with Crippen LogP contribution in [0.3, 0.4) is 0 Å². The molecule has 0 unspecified atom stereocenters. The summed E-state index contributed by atoms with van der Waals surface area (Å²) in [5, 5.41) is 0. The third-order valence-electron chi connectivity index (χ3n) is 6.38. The van der Waals surface area contributed by atoms with Crippen LogP contribution in [0.4, 0.5) is 0 Å². The number of hydrogen-bond donors (Lipinski definition) is 1. The van der Waals surface area contributed by atoms with Crippen LogP contribution < -0.4 is 5.73 Å². The van der Waals surface area contributed by atoms with Crippen molar-refractivity contribution in [3.63, 3.8) is 0 Å². The molecular weight excluding hydrogens is 146 g/mol. The highest BCUT2D eigenvalue weighted by Crippen LogP contribution is 2.82. The van der Waals surface area contributed by atoms with Gasteiger partial charge in [-0.2, -0.15) is 0 Å². The summed E-state index contributed by atoms with van der Waals surface area (Å²) in [6.45, 7) is 0. The van der Waals surface area contributed by atoms with Crippen LogP contribution in [0.2, 0.25) is 0 Å². The topological polar surface area (TPSA) is 26.0 Å². The molecule has 0 radical (unpaired) electrons. The minimum absolute atomic E-state index is 0.646. The highest BCUT2D eigenvalue weighted by atomic mass is 14.9. The lowest BCUT2D eigenvalue weighted by molar-refractivity contribution is 0.0167. The molecule has 0 spiro atoms. The normalized spacial score (nSPS) is 85.2. The van der Waals surface area contributed by atoms with E-state index >= 15 is 0 Å². The zero-order valence-corrected chi connectivity index (χ0v) is 7.19. The van der Waals surface area contributed by atoms with E-state index in [0.717, 1.165) is 35.5 Å². The molecule has 5 aliphatic rings. The average molecular weight is 161 g/mol. The minimum Gasteiger partial charge on any atom is -0.327 e. The van der Waals surface area contributed by atoms with Gasteiger partial charge in [-0.25, -0.2) is 0 Å². The lowest BCUT2D eigenvalue weighted by atomic mass is 9.59. The molecule has 0 aromatic rings. The molecule has 5 aliphatic carbocycles. The lowest BCUT2D eigenvalue weighted by Gasteiger charge is -2.47. The van der Waals surface area contributed by atoms with Crippen LogP contribution in [0.1, 0.15) is 12.8 Å². The maximum Gasteiger partial charge on any atom is 0.0107 e. The second kappa shape index (κ2) is 1.30. The van der Waals surface area contributed by atoms with Gasteiger partial charge in [-0.05, 0) is 60.2 Å². The summed E-state index contributed by atoms with van der Waals surface area (Å²) in [5.74, 6) is 8.84. The molecule has 0 heterocycles. The SMILES string of the molecule is N[C@H]1[C@H]2[C@@H]3C[C@@H]4[C@H]5[C@H]3C[C@H]2[C@H]5[C@@H]14. The zero-order valence-electron chi connectivity index (χ0n) is 7.19. The highest BCUT2D eigenvalue weighted by molar-refractivity contribution is 5.28. The minimum atomic E-state index is 0.646. The second-order valence-electron chi connectivity index (χ2n) is 6.01. The Hall–Kier alpha value is -0.0400. The summed E-state index contributed by atoms with van der Waals surface area (Å²) in [5.41, 5.74) is 6.34. The van der Waals surface area contributed by atoms with E-state index in [4.69, 9.17) is 5.73 Å². The van der Waals surface area contributed by atoms with E-state index in [-0.39, 0.29) is 0 Å². The molecule has 2 N–H and O–H groups in total. The summed E-state index contributed by atoms with van der Waals surface area (Å²) in [7, 11) is 0. The first-order chi connectivity index (χ1) is 5.88.